The van der Waals surface area contributed by atoms with Crippen LogP contribution in [0.4, 0.5) is 4.79 Å². The Morgan fingerprint density at radius 2 is 2.19 bits per heavy atom. The summed E-state index contributed by atoms with van der Waals surface area (Å²) in [6, 6.07) is 1.46. The zero-order valence-corrected chi connectivity index (χ0v) is 13.1. The number of aromatic hydroxyl groups is 1. The number of hydrogen-bond acceptors (Lipinski definition) is 4. The van der Waals surface area contributed by atoms with Crippen molar-refractivity contribution in [3.63, 3.8) is 0 Å². The van der Waals surface area contributed by atoms with Crippen LogP contribution in [0.25, 0.3) is 5.57 Å². The zero-order valence-electron chi connectivity index (χ0n) is 12.4. The Balaban J connectivity index is 2.07. The molecule has 6 heteroatoms. The Hall–Kier alpha value is -1.75. The van der Waals surface area contributed by atoms with Crippen molar-refractivity contribution in [2.45, 2.75) is 32.8 Å². The van der Waals surface area contributed by atoms with E-state index in [-0.39, 0.29) is 11.8 Å². The van der Waals surface area contributed by atoms with Gasteiger partial charge in [-0.05, 0) is 32.8 Å². The summed E-state index contributed by atoms with van der Waals surface area (Å²) in [6.07, 6.45) is 3.61. The van der Waals surface area contributed by atoms with Gasteiger partial charge in [-0.15, -0.1) is 0 Å². The van der Waals surface area contributed by atoms with Crippen molar-refractivity contribution in [1.29, 1.82) is 0 Å². The van der Waals surface area contributed by atoms with Gasteiger partial charge in [-0.2, -0.15) is 0 Å². The lowest BCUT2D eigenvalue weighted by molar-refractivity contribution is 0.0270. The van der Waals surface area contributed by atoms with Crippen LogP contribution >= 0.6 is 11.6 Å². The average Bonchev–Trinajstić information content (AvgIpc) is 2.37. The highest BCUT2D eigenvalue weighted by Crippen LogP contribution is 2.29. The van der Waals surface area contributed by atoms with Gasteiger partial charge in [0.2, 0.25) is 0 Å². The number of carbonyl (C=O) groups excluding carboxylic acids is 1. The molecule has 1 aromatic heterocycles. The SMILES string of the molecule is CC(C)(C)OC(=O)N1CC=C(c2ncc(O)cc2Cl)CC1. The van der Waals surface area contributed by atoms with E-state index in [1.165, 1.54) is 12.3 Å². The molecule has 0 aliphatic carbocycles. The summed E-state index contributed by atoms with van der Waals surface area (Å²) >= 11 is 6.08. The third-order valence-electron chi connectivity index (χ3n) is 2.99. The number of hydrogen-bond donors (Lipinski definition) is 1. The van der Waals surface area contributed by atoms with Gasteiger partial charge in [0.1, 0.15) is 11.4 Å². The summed E-state index contributed by atoms with van der Waals surface area (Å²) in [4.78, 5) is 17.8. The molecule has 0 spiro atoms. The van der Waals surface area contributed by atoms with Gasteiger partial charge >= 0.3 is 6.09 Å². The molecule has 2 rings (SSSR count). The maximum Gasteiger partial charge on any atom is 0.410 e. The van der Waals surface area contributed by atoms with Crippen molar-refractivity contribution in [1.82, 2.24) is 9.88 Å². The second-order valence-corrected chi connectivity index (χ2v) is 6.34. The molecule has 0 saturated carbocycles. The van der Waals surface area contributed by atoms with E-state index in [9.17, 15) is 9.90 Å². The summed E-state index contributed by atoms with van der Waals surface area (Å²) in [7, 11) is 0. The van der Waals surface area contributed by atoms with Gasteiger partial charge in [0, 0.05) is 19.2 Å². The summed E-state index contributed by atoms with van der Waals surface area (Å²) in [6.45, 7) is 6.55. The van der Waals surface area contributed by atoms with Crippen LogP contribution in [0.3, 0.4) is 0 Å². The molecule has 2 heterocycles. The summed E-state index contributed by atoms with van der Waals surface area (Å²) in [5.41, 5.74) is 1.13. The lowest BCUT2D eigenvalue weighted by atomic mass is 10.0. The van der Waals surface area contributed by atoms with Gasteiger partial charge in [-0.3, -0.25) is 4.98 Å². The first kappa shape index (κ1) is 15.6. The Labute approximate surface area is 129 Å². The van der Waals surface area contributed by atoms with Gasteiger partial charge in [-0.25, -0.2) is 4.79 Å². The molecule has 114 valence electrons. The largest absolute Gasteiger partial charge is 0.506 e. The number of amides is 1. The van der Waals surface area contributed by atoms with Gasteiger partial charge < -0.3 is 14.7 Å². The Kier molecular flexibility index (Phi) is 4.42. The van der Waals surface area contributed by atoms with Crippen LogP contribution in [-0.4, -0.2) is 39.8 Å². The molecule has 21 heavy (non-hydrogen) atoms. The van der Waals surface area contributed by atoms with Crippen molar-refractivity contribution in [3.05, 3.63) is 29.1 Å². The van der Waals surface area contributed by atoms with Crippen LogP contribution in [0, 0.1) is 0 Å². The van der Waals surface area contributed by atoms with E-state index >= 15 is 0 Å². The van der Waals surface area contributed by atoms with Gasteiger partial charge in [0.05, 0.1) is 16.9 Å². The molecule has 1 aliphatic rings. The van der Waals surface area contributed by atoms with Gasteiger partial charge in [-0.1, -0.05) is 17.7 Å². The lowest BCUT2D eigenvalue weighted by Gasteiger charge is -2.29. The molecule has 0 unspecified atom stereocenters. The predicted octanol–water partition coefficient (Wildman–Crippen LogP) is 3.46. The van der Waals surface area contributed by atoms with E-state index < -0.39 is 5.60 Å². The number of aromatic nitrogens is 1. The first-order valence-corrected chi connectivity index (χ1v) is 7.16. The van der Waals surface area contributed by atoms with E-state index in [2.05, 4.69) is 4.98 Å². The van der Waals surface area contributed by atoms with E-state index in [4.69, 9.17) is 16.3 Å². The minimum Gasteiger partial charge on any atom is -0.506 e. The fourth-order valence-corrected chi connectivity index (χ4v) is 2.32. The number of pyridine rings is 1. The van der Waals surface area contributed by atoms with Crippen molar-refractivity contribution < 1.29 is 14.6 Å². The minimum absolute atomic E-state index is 0.0375. The number of nitrogens with zero attached hydrogens (tertiary/aromatic N) is 2. The molecule has 0 bridgehead atoms. The zero-order chi connectivity index (χ0) is 15.6. The molecule has 0 atom stereocenters. The molecule has 1 aromatic rings. The molecule has 5 nitrogen and oxygen atoms in total. The normalized spacial score (nSPS) is 15.6. The second kappa shape index (κ2) is 5.93. The first-order chi connectivity index (χ1) is 9.76. The Morgan fingerprint density at radius 1 is 1.48 bits per heavy atom. The highest BCUT2D eigenvalue weighted by molar-refractivity contribution is 6.32. The lowest BCUT2D eigenvalue weighted by Crippen LogP contribution is -2.39. The van der Waals surface area contributed by atoms with Gasteiger partial charge in [0.25, 0.3) is 0 Å². The molecular formula is C15H19ClN2O3. The quantitative estimate of drug-likeness (QED) is 0.862. The van der Waals surface area contributed by atoms with Crippen LogP contribution in [0.2, 0.25) is 5.02 Å². The predicted molar refractivity (Wildman–Crippen MR) is 81.3 cm³/mol. The number of halogens is 1. The second-order valence-electron chi connectivity index (χ2n) is 5.93. The fourth-order valence-electron chi connectivity index (χ4n) is 2.04. The molecule has 0 saturated heterocycles. The van der Waals surface area contributed by atoms with Crippen molar-refractivity contribution in [2.24, 2.45) is 0 Å². The number of rotatable bonds is 1. The van der Waals surface area contributed by atoms with Crippen LogP contribution < -0.4 is 0 Å². The molecule has 0 radical (unpaired) electrons. The van der Waals surface area contributed by atoms with Gasteiger partial charge in [0.15, 0.2) is 0 Å². The Bertz CT molecular complexity index is 579. The maximum absolute atomic E-state index is 12.0. The van der Waals surface area contributed by atoms with Crippen LogP contribution in [-0.2, 0) is 4.74 Å². The topological polar surface area (TPSA) is 62.7 Å². The fraction of sp³-hybridized carbons (Fsp3) is 0.467. The summed E-state index contributed by atoms with van der Waals surface area (Å²) < 4.78 is 5.34. The third kappa shape index (κ3) is 4.11. The molecular weight excluding hydrogens is 292 g/mol. The van der Waals surface area contributed by atoms with Crippen molar-refractivity contribution in [2.75, 3.05) is 13.1 Å². The molecule has 1 aliphatic heterocycles. The van der Waals surface area contributed by atoms with E-state index in [1.807, 2.05) is 26.8 Å². The Morgan fingerprint density at radius 3 is 2.71 bits per heavy atom. The monoisotopic (exact) mass is 310 g/mol. The maximum atomic E-state index is 12.0. The smallest absolute Gasteiger partial charge is 0.410 e. The minimum atomic E-state index is -0.497. The summed E-state index contributed by atoms with van der Waals surface area (Å²) in [5.74, 6) is 0.0375. The number of ether oxygens (including phenoxy) is 1. The molecule has 1 amide bonds. The highest BCUT2D eigenvalue weighted by atomic mass is 35.5. The standard InChI is InChI=1S/C15H19ClN2O3/c1-15(2,3)21-14(20)18-6-4-10(5-7-18)13-12(16)8-11(19)9-17-13/h4,8-9,19H,5-7H2,1-3H3. The molecule has 0 aromatic carbocycles. The average molecular weight is 311 g/mol. The van der Waals surface area contributed by atoms with Crippen molar-refractivity contribution >= 4 is 23.3 Å². The third-order valence-corrected chi connectivity index (χ3v) is 3.28. The van der Waals surface area contributed by atoms with Crippen LogP contribution in [0.15, 0.2) is 18.3 Å². The van der Waals surface area contributed by atoms with Crippen LogP contribution in [0.1, 0.15) is 32.9 Å². The van der Waals surface area contributed by atoms with E-state index in [0.717, 1.165) is 5.57 Å². The van der Waals surface area contributed by atoms with E-state index in [0.29, 0.717) is 30.2 Å². The highest BCUT2D eigenvalue weighted by Gasteiger charge is 2.24. The van der Waals surface area contributed by atoms with Crippen LogP contribution in [0.5, 0.6) is 5.75 Å². The van der Waals surface area contributed by atoms with E-state index in [1.54, 1.807) is 4.90 Å². The number of carbonyl (C=O) groups is 1. The summed E-state index contributed by atoms with van der Waals surface area (Å²) in [5, 5.41) is 9.73. The first-order valence-electron chi connectivity index (χ1n) is 6.78. The van der Waals surface area contributed by atoms with Crippen molar-refractivity contribution in [3.8, 4) is 5.75 Å². The molecule has 1 N–H and O–H groups in total. The molecule has 0 fully saturated rings.